The Bertz CT molecular complexity index is 387. The van der Waals surface area contributed by atoms with Crippen molar-refractivity contribution < 1.29 is 0 Å². The Kier molecular flexibility index (Phi) is 2.68. The van der Waals surface area contributed by atoms with Gasteiger partial charge in [-0.15, -0.1) is 0 Å². The van der Waals surface area contributed by atoms with E-state index in [0.717, 1.165) is 23.4 Å². The molecule has 1 N–H and O–H groups in total. The molecular weight excluding hydrogens is 208 g/mol. The van der Waals surface area contributed by atoms with Gasteiger partial charge < -0.3 is 5.32 Å². The molecule has 3 heteroatoms. The van der Waals surface area contributed by atoms with Crippen molar-refractivity contribution in [3.05, 3.63) is 34.9 Å². The molecule has 0 bridgehead atoms. The van der Waals surface area contributed by atoms with Gasteiger partial charge in [0.1, 0.15) is 0 Å². The zero-order valence-corrected chi connectivity index (χ0v) is 9.38. The van der Waals surface area contributed by atoms with E-state index in [-0.39, 0.29) is 11.5 Å². The molecule has 0 aromatic heterocycles. The van der Waals surface area contributed by atoms with E-state index in [1.54, 1.807) is 0 Å². The van der Waals surface area contributed by atoms with Gasteiger partial charge in [-0.25, -0.2) is 0 Å². The van der Waals surface area contributed by atoms with Crippen LogP contribution in [-0.2, 0) is 0 Å². The average Bonchev–Trinajstić information content (AvgIpc) is 3.03. The maximum atomic E-state index is 9.16. The van der Waals surface area contributed by atoms with Crippen LogP contribution in [0.4, 0.5) is 0 Å². The lowest BCUT2D eigenvalue weighted by molar-refractivity contribution is 0.444. The Hall–Kier alpha value is -1.04. The fraction of sp³-hybridized carbons (Fsp3) is 0.417. The van der Waals surface area contributed by atoms with Crippen LogP contribution in [0.25, 0.3) is 0 Å². The van der Waals surface area contributed by atoms with Gasteiger partial charge in [0.05, 0.1) is 17.5 Å². The lowest BCUT2D eigenvalue weighted by Gasteiger charge is -2.21. The summed E-state index contributed by atoms with van der Waals surface area (Å²) in [5.41, 5.74) is 0.948. The summed E-state index contributed by atoms with van der Waals surface area (Å²) in [5.74, 6) is 0. The molecule has 15 heavy (non-hydrogen) atoms. The smallest absolute Gasteiger partial charge is 0.0769 e. The van der Waals surface area contributed by atoms with Crippen molar-refractivity contribution in [3.63, 3.8) is 0 Å². The third-order valence-electron chi connectivity index (χ3n) is 3.06. The predicted octanol–water partition coefficient (Wildman–Crippen LogP) is 2.90. The number of nitrogens with one attached hydrogen (secondary N) is 1. The van der Waals surface area contributed by atoms with Gasteiger partial charge in [-0.2, -0.15) is 5.26 Å². The molecule has 0 heterocycles. The van der Waals surface area contributed by atoms with E-state index < -0.39 is 0 Å². The first-order valence-electron chi connectivity index (χ1n) is 5.06. The highest BCUT2D eigenvalue weighted by Gasteiger charge is 2.50. The molecule has 1 saturated carbocycles. The minimum absolute atomic E-state index is 0.125. The van der Waals surface area contributed by atoms with Crippen LogP contribution >= 0.6 is 11.6 Å². The Morgan fingerprint density at radius 3 is 2.40 bits per heavy atom. The van der Waals surface area contributed by atoms with Crippen LogP contribution in [-0.4, -0.2) is 7.05 Å². The van der Waals surface area contributed by atoms with Crippen molar-refractivity contribution in [2.24, 2.45) is 5.41 Å². The zero-order valence-electron chi connectivity index (χ0n) is 8.63. The highest BCUT2D eigenvalue weighted by atomic mass is 35.5. The fourth-order valence-electron chi connectivity index (χ4n) is 2.02. The molecule has 0 aliphatic heterocycles. The minimum Gasteiger partial charge on any atom is -0.312 e. The van der Waals surface area contributed by atoms with Crippen LogP contribution in [0.1, 0.15) is 24.4 Å². The van der Waals surface area contributed by atoms with Gasteiger partial charge in [-0.05, 0) is 37.6 Å². The maximum Gasteiger partial charge on any atom is 0.0769 e. The molecule has 0 radical (unpaired) electrons. The number of nitrogens with zero attached hydrogens (tertiary/aromatic N) is 1. The fourth-order valence-corrected chi connectivity index (χ4v) is 2.14. The summed E-state index contributed by atoms with van der Waals surface area (Å²) >= 11 is 5.84. The quantitative estimate of drug-likeness (QED) is 0.850. The van der Waals surface area contributed by atoms with Crippen molar-refractivity contribution in [3.8, 4) is 6.07 Å². The molecule has 1 unspecified atom stereocenters. The number of hydrogen-bond donors (Lipinski definition) is 1. The van der Waals surface area contributed by atoms with Gasteiger partial charge in [0, 0.05) is 5.02 Å². The molecule has 2 rings (SSSR count). The first-order chi connectivity index (χ1) is 7.22. The first kappa shape index (κ1) is 10.5. The molecule has 2 nitrogen and oxygen atoms in total. The van der Waals surface area contributed by atoms with Crippen LogP contribution < -0.4 is 5.32 Å². The average molecular weight is 221 g/mol. The lowest BCUT2D eigenvalue weighted by atomic mass is 9.91. The summed E-state index contributed by atoms with van der Waals surface area (Å²) in [6.07, 6.45) is 1.97. The van der Waals surface area contributed by atoms with Crippen molar-refractivity contribution in [1.82, 2.24) is 5.32 Å². The van der Waals surface area contributed by atoms with Crippen LogP contribution in [0, 0.1) is 16.7 Å². The molecule has 1 aromatic rings. The van der Waals surface area contributed by atoms with Crippen LogP contribution in [0.2, 0.25) is 5.02 Å². The third-order valence-corrected chi connectivity index (χ3v) is 3.31. The standard InChI is InChI=1S/C12H13ClN2/c1-15-11(12(8-14)6-7-12)9-2-4-10(13)5-3-9/h2-5,11,15H,6-7H2,1H3. The topological polar surface area (TPSA) is 35.8 Å². The Balaban J connectivity index is 2.28. The van der Waals surface area contributed by atoms with E-state index in [2.05, 4.69) is 11.4 Å². The summed E-state index contributed by atoms with van der Waals surface area (Å²) in [6.45, 7) is 0. The van der Waals surface area contributed by atoms with Gasteiger partial charge in [-0.3, -0.25) is 0 Å². The predicted molar refractivity (Wildman–Crippen MR) is 60.5 cm³/mol. The highest BCUT2D eigenvalue weighted by molar-refractivity contribution is 6.30. The summed E-state index contributed by atoms with van der Waals surface area (Å²) < 4.78 is 0. The molecule has 0 saturated heterocycles. The number of benzene rings is 1. The minimum atomic E-state index is -0.192. The Labute approximate surface area is 94.9 Å². The van der Waals surface area contributed by atoms with Gasteiger partial charge in [0.2, 0.25) is 0 Å². The third kappa shape index (κ3) is 1.86. The Morgan fingerprint density at radius 1 is 1.40 bits per heavy atom. The van der Waals surface area contributed by atoms with Gasteiger partial charge >= 0.3 is 0 Å². The number of halogens is 1. The Morgan fingerprint density at radius 2 is 2.00 bits per heavy atom. The summed E-state index contributed by atoms with van der Waals surface area (Å²) in [6, 6.07) is 10.3. The molecular formula is C12H13ClN2. The van der Waals surface area contributed by atoms with Crippen molar-refractivity contribution in [1.29, 1.82) is 5.26 Å². The van der Waals surface area contributed by atoms with E-state index in [4.69, 9.17) is 16.9 Å². The van der Waals surface area contributed by atoms with Crippen LogP contribution in [0.5, 0.6) is 0 Å². The summed E-state index contributed by atoms with van der Waals surface area (Å²) in [7, 11) is 1.90. The van der Waals surface area contributed by atoms with Crippen molar-refractivity contribution >= 4 is 11.6 Å². The van der Waals surface area contributed by atoms with E-state index in [1.807, 2.05) is 31.3 Å². The van der Waals surface area contributed by atoms with E-state index in [9.17, 15) is 0 Å². The molecule has 1 aliphatic carbocycles. The summed E-state index contributed by atoms with van der Waals surface area (Å²) in [4.78, 5) is 0. The van der Waals surface area contributed by atoms with Crippen molar-refractivity contribution in [2.75, 3.05) is 7.05 Å². The lowest BCUT2D eigenvalue weighted by Crippen LogP contribution is -2.25. The normalized spacial score (nSPS) is 19.3. The van der Waals surface area contributed by atoms with E-state index >= 15 is 0 Å². The summed E-state index contributed by atoms with van der Waals surface area (Å²) in [5, 5.41) is 13.1. The second-order valence-electron chi connectivity index (χ2n) is 4.04. The van der Waals surface area contributed by atoms with E-state index in [0.29, 0.717) is 0 Å². The zero-order chi connectivity index (χ0) is 10.9. The van der Waals surface area contributed by atoms with Gasteiger partial charge in [-0.1, -0.05) is 23.7 Å². The monoisotopic (exact) mass is 220 g/mol. The highest BCUT2D eigenvalue weighted by Crippen LogP contribution is 2.54. The van der Waals surface area contributed by atoms with Gasteiger partial charge in [0.25, 0.3) is 0 Å². The van der Waals surface area contributed by atoms with Crippen molar-refractivity contribution in [2.45, 2.75) is 18.9 Å². The molecule has 0 amide bonds. The molecule has 78 valence electrons. The van der Waals surface area contributed by atoms with Crippen LogP contribution in [0.3, 0.4) is 0 Å². The van der Waals surface area contributed by atoms with Gasteiger partial charge in [0.15, 0.2) is 0 Å². The first-order valence-corrected chi connectivity index (χ1v) is 5.44. The second kappa shape index (κ2) is 3.84. The van der Waals surface area contributed by atoms with E-state index in [1.165, 1.54) is 0 Å². The number of nitriles is 1. The molecule has 1 aliphatic rings. The van der Waals surface area contributed by atoms with Crippen LogP contribution in [0.15, 0.2) is 24.3 Å². The number of rotatable bonds is 3. The second-order valence-corrected chi connectivity index (χ2v) is 4.48. The molecule has 1 fully saturated rings. The largest absolute Gasteiger partial charge is 0.312 e. The number of hydrogen-bond acceptors (Lipinski definition) is 2. The SMILES string of the molecule is CNC(c1ccc(Cl)cc1)C1(C#N)CC1. The molecule has 1 atom stereocenters. The molecule has 1 aromatic carbocycles. The molecule has 0 spiro atoms. The maximum absolute atomic E-state index is 9.16.